The van der Waals surface area contributed by atoms with Crippen LogP contribution in [0.4, 0.5) is 0 Å². The van der Waals surface area contributed by atoms with Gasteiger partial charge in [0.1, 0.15) is 5.82 Å². The van der Waals surface area contributed by atoms with Crippen LogP contribution >= 0.6 is 0 Å². The third-order valence-electron chi connectivity index (χ3n) is 6.15. The Balaban J connectivity index is 1.34. The van der Waals surface area contributed by atoms with Gasteiger partial charge < -0.3 is 10.2 Å². The molecule has 0 bridgehead atoms. The third-order valence-corrected chi connectivity index (χ3v) is 6.15. The number of likely N-dealkylation sites (N-methyl/N-ethyl adjacent to an activating group) is 1. The molecule has 2 aliphatic heterocycles. The number of piperidine rings is 1. The van der Waals surface area contributed by atoms with E-state index in [-0.39, 0.29) is 11.8 Å². The van der Waals surface area contributed by atoms with E-state index in [1.54, 1.807) is 12.4 Å². The summed E-state index contributed by atoms with van der Waals surface area (Å²) in [6.45, 7) is 8.47. The van der Waals surface area contributed by atoms with Crippen LogP contribution in [0.25, 0.3) is 0 Å². The van der Waals surface area contributed by atoms with Crippen molar-refractivity contribution < 1.29 is 9.59 Å². The Morgan fingerprint density at radius 2 is 1.86 bits per heavy atom. The minimum atomic E-state index is 0.00762. The van der Waals surface area contributed by atoms with Crippen molar-refractivity contribution >= 4 is 11.8 Å². The van der Waals surface area contributed by atoms with Crippen molar-refractivity contribution in [3.63, 3.8) is 0 Å². The highest BCUT2D eigenvalue weighted by molar-refractivity contribution is 5.93. The van der Waals surface area contributed by atoms with Crippen molar-refractivity contribution in [3.05, 3.63) is 23.8 Å². The van der Waals surface area contributed by atoms with Crippen molar-refractivity contribution in [3.8, 4) is 0 Å². The molecule has 0 aliphatic carbocycles. The molecule has 1 N–H and O–H groups in total. The third kappa shape index (κ3) is 5.50. The number of carbonyl (C=O) groups excluding carboxylic acids is 2. The molecule has 2 aliphatic rings. The Bertz CT molecular complexity index is 655. The number of aromatic nitrogens is 2. The maximum Gasteiger partial charge on any atom is 0.256 e. The van der Waals surface area contributed by atoms with Crippen LogP contribution in [0.15, 0.2) is 12.4 Å². The highest BCUT2D eigenvalue weighted by atomic mass is 16.2. The summed E-state index contributed by atoms with van der Waals surface area (Å²) in [7, 11) is 0. The Hall–Kier alpha value is -2.02. The fourth-order valence-electron chi connectivity index (χ4n) is 4.31. The van der Waals surface area contributed by atoms with Crippen LogP contribution in [-0.2, 0) is 4.79 Å². The number of nitrogens with zero attached hydrogens (tertiary/aromatic N) is 4. The molecule has 0 saturated carbocycles. The van der Waals surface area contributed by atoms with Crippen LogP contribution in [-0.4, -0.2) is 70.3 Å². The lowest BCUT2D eigenvalue weighted by molar-refractivity contribution is -0.121. The molecule has 7 nitrogen and oxygen atoms in total. The normalized spacial score (nSPS) is 21.1. The first-order valence-electron chi connectivity index (χ1n) is 10.7. The number of aryl methyl sites for hydroxylation is 1. The first-order valence-corrected chi connectivity index (χ1v) is 10.7. The SMILES string of the molecule is CCN1CCC[C@H]1CNC(=O)CCC1CCN(C(=O)c2cnc(C)nc2)CC1. The van der Waals surface area contributed by atoms with E-state index in [0.717, 1.165) is 52.0 Å². The van der Waals surface area contributed by atoms with E-state index in [1.807, 2.05) is 11.8 Å². The molecule has 0 spiro atoms. The van der Waals surface area contributed by atoms with Gasteiger partial charge in [0.2, 0.25) is 5.91 Å². The summed E-state index contributed by atoms with van der Waals surface area (Å²) >= 11 is 0. The summed E-state index contributed by atoms with van der Waals surface area (Å²) in [6.07, 6.45) is 9.03. The molecule has 1 aromatic rings. The van der Waals surface area contributed by atoms with Gasteiger partial charge in [-0.1, -0.05) is 6.92 Å². The lowest BCUT2D eigenvalue weighted by Gasteiger charge is -2.32. The maximum atomic E-state index is 12.5. The van der Waals surface area contributed by atoms with Gasteiger partial charge in [0.15, 0.2) is 0 Å². The number of rotatable bonds is 7. The fourth-order valence-corrected chi connectivity index (χ4v) is 4.31. The van der Waals surface area contributed by atoms with Gasteiger partial charge >= 0.3 is 0 Å². The molecule has 2 saturated heterocycles. The maximum absolute atomic E-state index is 12.5. The first kappa shape index (κ1) is 20.7. The molecule has 3 heterocycles. The predicted molar refractivity (Wildman–Crippen MR) is 108 cm³/mol. The average molecular weight is 388 g/mol. The predicted octanol–water partition coefficient (Wildman–Crippen LogP) is 2.02. The number of hydrogen-bond acceptors (Lipinski definition) is 5. The van der Waals surface area contributed by atoms with Crippen molar-refractivity contribution in [2.24, 2.45) is 5.92 Å². The van der Waals surface area contributed by atoms with E-state index in [9.17, 15) is 9.59 Å². The summed E-state index contributed by atoms with van der Waals surface area (Å²) in [6, 6.07) is 0.508. The lowest BCUT2D eigenvalue weighted by Crippen LogP contribution is -2.40. The molecular weight excluding hydrogens is 354 g/mol. The summed E-state index contributed by atoms with van der Waals surface area (Å²) in [5.41, 5.74) is 0.552. The second kappa shape index (κ2) is 9.96. The zero-order chi connectivity index (χ0) is 19.9. The van der Waals surface area contributed by atoms with E-state index in [0.29, 0.717) is 29.8 Å². The quantitative estimate of drug-likeness (QED) is 0.774. The fraction of sp³-hybridized carbons (Fsp3) is 0.714. The zero-order valence-corrected chi connectivity index (χ0v) is 17.2. The van der Waals surface area contributed by atoms with Gasteiger partial charge in [-0.25, -0.2) is 9.97 Å². The van der Waals surface area contributed by atoms with Gasteiger partial charge in [-0.3, -0.25) is 14.5 Å². The molecule has 7 heteroatoms. The zero-order valence-electron chi connectivity index (χ0n) is 17.2. The topological polar surface area (TPSA) is 78.4 Å². The molecule has 1 aromatic heterocycles. The minimum absolute atomic E-state index is 0.00762. The van der Waals surface area contributed by atoms with Crippen LogP contribution < -0.4 is 5.32 Å². The second-order valence-corrected chi connectivity index (χ2v) is 8.02. The molecule has 154 valence electrons. The highest BCUT2D eigenvalue weighted by Gasteiger charge is 2.25. The molecule has 0 aromatic carbocycles. The first-order chi connectivity index (χ1) is 13.6. The summed E-state index contributed by atoms with van der Waals surface area (Å²) < 4.78 is 0. The van der Waals surface area contributed by atoms with Gasteiger partial charge in [0.05, 0.1) is 5.56 Å². The lowest BCUT2D eigenvalue weighted by atomic mass is 9.92. The van der Waals surface area contributed by atoms with Crippen molar-refractivity contribution in [2.75, 3.05) is 32.7 Å². The smallest absolute Gasteiger partial charge is 0.256 e. The summed E-state index contributed by atoms with van der Waals surface area (Å²) in [5.74, 6) is 1.36. The van der Waals surface area contributed by atoms with Crippen LogP contribution in [0.3, 0.4) is 0 Å². The molecule has 1 atom stereocenters. The number of hydrogen-bond donors (Lipinski definition) is 1. The molecule has 3 rings (SSSR count). The number of amides is 2. The Morgan fingerprint density at radius 3 is 2.54 bits per heavy atom. The largest absolute Gasteiger partial charge is 0.355 e. The molecule has 0 unspecified atom stereocenters. The minimum Gasteiger partial charge on any atom is -0.355 e. The van der Waals surface area contributed by atoms with Crippen LogP contribution in [0, 0.1) is 12.8 Å². The molecule has 2 amide bonds. The standard InChI is InChI=1S/C21H33N5O2/c1-3-25-10-4-5-19(25)15-24-20(27)7-6-17-8-11-26(12-9-17)21(28)18-13-22-16(2)23-14-18/h13-14,17,19H,3-12,15H2,1-2H3,(H,24,27)/t19-/m0/s1. The van der Waals surface area contributed by atoms with E-state index in [2.05, 4.69) is 27.1 Å². The Morgan fingerprint density at radius 1 is 1.14 bits per heavy atom. The average Bonchev–Trinajstić information content (AvgIpc) is 3.19. The Kier molecular flexibility index (Phi) is 7.36. The van der Waals surface area contributed by atoms with Gasteiger partial charge in [-0.05, 0) is 58.0 Å². The van der Waals surface area contributed by atoms with Crippen molar-refractivity contribution in [2.45, 2.75) is 58.4 Å². The van der Waals surface area contributed by atoms with Gasteiger partial charge in [-0.15, -0.1) is 0 Å². The molecule has 28 heavy (non-hydrogen) atoms. The van der Waals surface area contributed by atoms with E-state index < -0.39 is 0 Å². The van der Waals surface area contributed by atoms with Crippen LogP contribution in [0.5, 0.6) is 0 Å². The molecule has 0 radical (unpaired) electrons. The molecule has 2 fully saturated rings. The monoisotopic (exact) mass is 387 g/mol. The summed E-state index contributed by atoms with van der Waals surface area (Å²) in [5, 5.41) is 3.12. The summed E-state index contributed by atoms with van der Waals surface area (Å²) in [4.78, 5) is 37.3. The number of nitrogens with one attached hydrogen (secondary N) is 1. The van der Waals surface area contributed by atoms with E-state index in [4.69, 9.17) is 0 Å². The van der Waals surface area contributed by atoms with E-state index in [1.165, 1.54) is 12.8 Å². The number of carbonyl (C=O) groups is 2. The van der Waals surface area contributed by atoms with Crippen molar-refractivity contribution in [1.29, 1.82) is 0 Å². The Labute approximate surface area is 167 Å². The van der Waals surface area contributed by atoms with Crippen molar-refractivity contribution in [1.82, 2.24) is 25.1 Å². The van der Waals surface area contributed by atoms with Gasteiger partial charge in [0, 0.05) is 44.5 Å². The second-order valence-electron chi connectivity index (χ2n) is 8.02. The van der Waals surface area contributed by atoms with Gasteiger partial charge in [-0.2, -0.15) is 0 Å². The van der Waals surface area contributed by atoms with Crippen LogP contribution in [0.2, 0.25) is 0 Å². The number of likely N-dealkylation sites (tertiary alicyclic amines) is 2. The highest BCUT2D eigenvalue weighted by Crippen LogP contribution is 2.23. The van der Waals surface area contributed by atoms with E-state index >= 15 is 0 Å². The van der Waals surface area contributed by atoms with Gasteiger partial charge in [0.25, 0.3) is 5.91 Å². The van der Waals surface area contributed by atoms with Crippen LogP contribution in [0.1, 0.15) is 61.6 Å². The molecular formula is C21H33N5O2.